The van der Waals surface area contributed by atoms with Gasteiger partial charge in [0, 0.05) is 38.5 Å². The van der Waals surface area contributed by atoms with Crippen molar-refractivity contribution >= 4 is 71.6 Å². The van der Waals surface area contributed by atoms with Gasteiger partial charge in [0.25, 0.3) is 0 Å². The van der Waals surface area contributed by atoms with E-state index in [4.69, 9.17) is 4.42 Å². The predicted octanol–water partition coefficient (Wildman–Crippen LogP) is 16.3. The average Bonchev–Trinajstić information content (AvgIpc) is 3.89. The monoisotopic (exact) mass is 778 g/mol. The van der Waals surface area contributed by atoms with Gasteiger partial charge in [-0.1, -0.05) is 176 Å². The molecule has 3 nitrogen and oxygen atoms in total. The van der Waals surface area contributed by atoms with Crippen molar-refractivity contribution in [2.24, 2.45) is 0 Å². The van der Waals surface area contributed by atoms with Crippen LogP contribution in [0.5, 0.6) is 0 Å². The second kappa shape index (κ2) is 14.3. The Balaban J connectivity index is 1.08. The van der Waals surface area contributed by atoms with Crippen LogP contribution >= 0.6 is 0 Å². The molecule has 61 heavy (non-hydrogen) atoms. The molecule has 0 bridgehead atoms. The van der Waals surface area contributed by atoms with Crippen LogP contribution in [0.4, 0.5) is 17.1 Å². The molecule has 0 saturated heterocycles. The van der Waals surface area contributed by atoms with Gasteiger partial charge in [-0.15, -0.1) is 0 Å². The molecule has 0 amide bonds. The van der Waals surface area contributed by atoms with Crippen molar-refractivity contribution in [3.05, 3.63) is 231 Å². The third-order valence-electron chi connectivity index (χ3n) is 12.2. The zero-order valence-electron chi connectivity index (χ0n) is 33.2. The smallest absolute Gasteiger partial charge is 0.159 e. The summed E-state index contributed by atoms with van der Waals surface area (Å²) in [5, 5.41) is 7.10. The molecule has 0 spiro atoms. The third-order valence-corrected chi connectivity index (χ3v) is 12.2. The maximum atomic E-state index is 6.78. The van der Waals surface area contributed by atoms with Crippen molar-refractivity contribution in [3.63, 3.8) is 0 Å². The number of nitrogens with zero attached hydrogens (tertiary/aromatic N) is 2. The molecule has 12 aromatic rings. The van der Waals surface area contributed by atoms with Crippen LogP contribution < -0.4 is 4.90 Å². The molecule has 0 aliphatic rings. The molecule has 10 aromatic carbocycles. The van der Waals surface area contributed by atoms with Gasteiger partial charge in [-0.25, -0.2) is 0 Å². The van der Waals surface area contributed by atoms with Gasteiger partial charge in [0.15, 0.2) is 5.58 Å². The van der Waals surface area contributed by atoms with Crippen molar-refractivity contribution in [1.29, 1.82) is 0 Å². The minimum Gasteiger partial charge on any atom is -0.454 e. The number of para-hydroxylation sites is 5. The Kier molecular flexibility index (Phi) is 8.17. The van der Waals surface area contributed by atoms with Crippen LogP contribution in [0.25, 0.3) is 93.6 Å². The molecular formula is C58H38N2O. The number of furan rings is 1. The highest BCUT2D eigenvalue weighted by molar-refractivity contribution is 6.16. The van der Waals surface area contributed by atoms with Gasteiger partial charge >= 0.3 is 0 Å². The number of fused-ring (bicyclic) bond motifs is 7. The zero-order valence-corrected chi connectivity index (χ0v) is 33.2. The highest BCUT2D eigenvalue weighted by Gasteiger charge is 2.24. The van der Waals surface area contributed by atoms with Gasteiger partial charge in [0.2, 0.25) is 0 Å². The quantitative estimate of drug-likeness (QED) is 0.161. The summed E-state index contributed by atoms with van der Waals surface area (Å²) in [6.07, 6.45) is 0. The van der Waals surface area contributed by atoms with E-state index in [0.29, 0.717) is 0 Å². The van der Waals surface area contributed by atoms with E-state index in [-0.39, 0.29) is 0 Å². The summed E-state index contributed by atoms with van der Waals surface area (Å²) in [6, 6.07) is 82.8. The summed E-state index contributed by atoms with van der Waals surface area (Å²) in [6.45, 7) is 0. The maximum Gasteiger partial charge on any atom is 0.159 e. The molecule has 2 aromatic heterocycles. The Morgan fingerprint density at radius 3 is 1.72 bits per heavy atom. The molecule has 0 aliphatic heterocycles. The SMILES string of the molecule is c1ccc(-c2cccc3cccc(-c4ccccc4N(c4ccc(-c5cccc6c5c5ccccc5n6-c5ccccc5)cc4)c4cccc5c4oc4ccccc45)c23)cc1. The van der Waals surface area contributed by atoms with Crippen molar-refractivity contribution in [2.75, 3.05) is 4.90 Å². The van der Waals surface area contributed by atoms with E-state index in [9.17, 15) is 0 Å². The summed E-state index contributed by atoms with van der Waals surface area (Å²) >= 11 is 0. The second-order valence-electron chi connectivity index (χ2n) is 15.6. The van der Waals surface area contributed by atoms with E-state index in [1.54, 1.807) is 0 Å². The molecule has 3 heteroatoms. The van der Waals surface area contributed by atoms with E-state index in [1.807, 2.05) is 6.07 Å². The number of hydrogen-bond acceptors (Lipinski definition) is 2. The van der Waals surface area contributed by atoms with Crippen molar-refractivity contribution in [2.45, 2.75) is 0 Å². The first kappa shape index (κ1) is 34.9. The molecule has 0 unspecified atom stereocenters. The van der Waals surface area contributed by atoms with Crippen LogP contribution in [0.15, 0.2) is 235 Å². The van der Waals surface area contributed by atoms with Crippen LogP contribution in [0.1, 0.15) is 0 Å². The zero-order chi connectivity index (χ0) is 40.3. The van der Waals surface area contributed by atoms with Crippen LogP contribution in [-0.4, -0.2) is 4.57 Å². The average molecular weight is 779 g/mol. The van der Waals surface area contributed by atoms with E-state index in [1.165, 1.54) is 54.8 Å². The van der Waals surface area contributed by atoms with Crippen LogP contribution in [0, 0.1) is 0 Å². The molecule has 0 fully saturated rings. The Morgan fingerprint density at radius 1 is 0.344 bits per heavy atom. The van der Waals surface area contributed by atoms with E-state index >= 15 is 0 Å². The fourth-order valence-corrected chi connectivity index (χ4v) is 9.54. The second-order valence-corrected chi connectivity index (χ2v) is 15.6. The lowest BCUT2D eigenvalue weighted by molar-refractivity contribution is 0.669. The van der Waals surface area contributed by atoms with E-state index < -0.39 is 0 Å². The van der Waals surface area contributed by atoms with Crippen molar-refractivity contribution in [3.8, 4) is 39.1 Å². The molecule has 12 rings (SSSR count). The molecule has 286 valence electrons. The van der Waals surface area contributed by atoms with Gasteiger partial charge in [-0.05, 0) is 93.2 Å². The maximum absolute atomic E-state index is 6.78. The fraction of sp³-hybridized carbons (Fsp3) is 0. The first-order valence-electron chi connectivity index (χ1n) is 20.9. The Bertz CT molecular complexity index is 3580. The van der Waals surface area contributed by atoms with Crippen LogP contribution in [0.2, 0.25) is 0 Å². The predicted molar refractivity (Wildman–Crippen MR) is 257 cm³/mol. The summed E-state index contributed by atoms with van der Waals surface area (Å²) < 4.78 is 9.16. The summed E-state index contributed by atoms with van der Waals surface area (Å²) in [7, 11) is 0. The van der Waals surface area contributed by atoms with E-state index in [0.717, 1.165) is 55.8 Å². The van der Waals surface area contributed by atoms with Crippen molar-refractivity contribution < 1.29 is 4.42 Å². The molecule has 0 atom stereocenters. The first-order chi connectivity index (χ1) is 30.3. The highest BCUT2D eigenvalue weighted by atomic mass is 16.3. The van der Waals surface area contributed by atoms with Gasteiger partial charge < -0.3 is 13.9 Å². The number of anilines is 3. The molecule has 2 heterocycles. The number of hydrogen-bond donors (Lipinski definition) is 0. The minimum absolute atomic E-state index is 0.851. The summed E-state index contributed by atoms with van der Waals surface area (Å²) in [5.74, 6) is 0. The number of aromatic nitrogens is 1. The normalized spacial score (nSPS) is 11.6. The first-order valence-corrected chi connectivity index (χ1v) is 20.9. The lowest BCUT2D eigenvalue weighted by atomic mass is 9.90. The number of benzene rings is 10. The summed E-state index contributed by atoms with van der Waals surface area (Å²) in [4.78, 5) is 2.38. The Hall–Kier alpha value is -8.14. The van der Waals surface area contributed by atoms with Crippen molar-refractivity contribution in [1.82, 2.24) is 4.57 Å². The standard InChI is InChI=1S/C58H38N2O/c1-3-17-39(18-4-1)44-26-13-19-41-20-14-28-48(56(41)44)46-23-7-10-30-51(46)60(54-33-16-29-49-47-24-9-12-34-55(47)61-58(49)54)43-37-35-40(36-38-43)45-27-15-32-53-57(45)50-25-8-11-31-52(50)59(53)42-21-5-2-6-22-42/h1-38H. The molecule has 0 N–H and O–H groups in total. The van der Waals surface area contributed by atoms with Gasteiger partial charge in [-0.2, -0.15) is 0 Å². The van der Waals surface area contributed by atoms with Crippen LogP contribution in [0.3, 0.4) is 0 Å². The van der Waals surface area contributed by atoms with Gasteiger partial charge in [0.1, 0.15) is 5.58 Å². The topological polar surface area (TPSA) is 21.3 Å². The Morgan fingerprint density at radius 2 is 0.902 bits per heavy atom. The largest absolute Gasteiger partial charge is 0.454 e. The van der Waals surface area contributed by atoms with Gasteiger partial charge in [-0.3, -0.25) is 0 Å². The van der Waals surface area contributed by atoms with Crippen LogP contribution in [-0.2, 0) is 0 Å². The lowest BCUT2D eigenvalue weighted by Crippen LogP contribution is -2.11. The van der Waals surface area contributed by atoms with Gasteiger partial charge in [0.05, 0.1) is 22.4 Å². The highest BCUT2D eigenvalue weighted by Crippen LogP contribution is 2.48. The third kappa shape index (κ3) is 5.66. The molecule has 0 aliphatic carbocycles. The fourth-order valence-electron chi connectivity index (χ4n) is 9.54. The lowest BCUT2D eigenvalue weighted by Gasteiger charge is -2.28. The minimum atomic E-state index is 0.851. The molecule has 0 radical (unpaired) electrons. The molecular weight excluding hydrogens is 741 g/mol. The van der Waals surface area contributed by atoms with E-state index in [2.05, 4.69) is 234 Å². The number of rotatable bonds is 7. The summed E-state index contributed by atoms with van der Waals surface area (Å²) in [5.41, 5.74) is 15.4. The molecule has 0 saturated carbocycles. The Labute approximate surface area is 353 Å².